The number of nitrogens with zero attached hydrogens (tertiary/aromatic N) is 2. The number of rotatable bonds is 7. The molecule has 0 fully saturated rings. The largest absolute Gasteiger partial charge is 0.493 e. The van der Waals surface area contributed by atoms with E-state index >= 15 is 0 Å². The van der Waals surface area contributed by atoms with Crippen LogP contribution in [0.3, 0.4) is 0 Å². The van der Waals surface area contributed by atoms with Gasteiger partial charge >= 0.3 is 0 Å². The molecule has 1 N–H and O–H groups in total. The van der Waals surface area contributed by atoms with Crippen LogP contribution in [0.25, 0.3) is 10.9 Å². The Morgan fingerprint density at radius 2 is 1.96 bits per heavy atom. The second-order valence-corrected chi connectivity index (χ2v) is 6.65. The van der Waals surface area contributed by atoms with Gasteiger partial charge in [-0.05, 0) is 24.1 Å². The zero-order chi connectivity index (χ0) is 17.8. The van der Waals surface area contributed by atoms with Crippen LogP contribution in [0.1, 0.15) is 17.6 Å². The lowest BCUT2D eigenvalue weighted by atomic mass is 10.2. The molecule has 0 bridgehead atoms. The summed E-state index contributed by atoms with van der Waals surface area (Å²) in [5.74, 6) is 1.72. The molecule has 6 nitrogen and oxygen atoms in total. The van der Waals surface area contributed by atoms with Gasteiger partial charge in [-0.3, -0.25) is 9.69 Å². The average molecular weight is 359 g/mol. The fourth-order valence-electron chi connectivity index (χ4n) is 2.70. The minimum Gasteiger partial charge on any atom is -0.493 e. The lowest BCUT2D eigenvalue weighted by Gasteiger charge is -2.19. The number of aromatic nitrogens is 2. The summed E-state index contributed by atoms with van der Waals surface area (Å²) in [5.41, 5.74) is 0.428. The molecule has 1 aromatic carbocycles. The van der Waals surface area contributed by atoms with E-state index in [0.717, 1.165) is 13.1 Å². The first kappa shape index (κ1) is 17.4. The van der Waals surface area contributed by atoms with Crippen molar-refractivity contribution in [3.05, 3.63) is 50.7 Å². The van der Waals surface area contributed by atoms with E-state index in [9.17, 15) is 4.79 Å². The van der Waals surface area contributed by atoms with Crippen molar-refractivity contribution in [3.63, 3.8) is 0 Å². The maximum Gasteiger partial charge on any atom is 0.258 e. The normalized spacial score (nSPS) is 11.2. The Kier molecular flexibility index (Phi) is 5.35. The summed E-state index contributed by atoms with van der Waals surface area (Å²) in [5, 5.41) is 2.56. The lowest BCUT2D eigenvalue weighted by molar-refractivity contribution is 0.267. The Labute approximate surface area is 150 Å². The first-order valence-corrected chi connectivity index (χ1v) is 8.92. The van der Waals surface area contributed by atoms with E-state index in [1.807, 2.05) is 6.07 Å². The van der Waals surface area contributed by atoms with Crippen LogP contribution >= 0.6 is 11.3 Å². The van der Waals surface area contributed by atoms with Crippen molar-refractivity contribution in [1.29, 1.82) is 0 Å². The van der Waals surface area contributed by atoms with Gasteiger partial charge in [0.25, 0.3) is 5.56 Å². The third-order valence-corrected chi connectivity index (χ3v) is 4.90. The molecule has 3 rings (SSSR count). The quantitative estimate of drug-likeness (QED) is 0.702. The van der Waals surface area contributed by atoms with Crippen LogP contribution in [0, 0.1) is 0 Å². The van der Waals surface area contributed by atoms with Gasteiger partial charge in [0.1, 0.15) is 5.82 Å². The monoisotopic (exact) mass is 359 g/mol. The van der Waals surface area contributed by atoms with Gasteiger partial charge in [-0.15, -0.1) is 11.3 Å². The Bertz CT molecular complexity index is 906. The SMILES string of the molecule is CCN(Cc1nc2cc(OC)c(OC)cc2c(=O)[nH]1)Cc1cccs1. The summed E-state index contributed by atoms with van der Waals surface area (Å²) in [7, 11) is 3.11. The molecule has 0 saturated carbocycles. The predicted octanol–water partition coefficient (Wildman–Crippen LogP) is 3.02. The summed E-state index contributed by atoms with van der Waals surface area (Å²) in [6.45, 7) is 4.38. The van der Waals surface area contributed by atoms with E-state index < -0.39 is 0 Å². The summed E-state index contributed by atoms with van der Waals surface area (Å²) >= 11 is 1.73. The summed E-state index contributed by atoms with van der Waals surface area (Å²) < 4.78 is 10.6. The lowest BCUT2D eigenvalue weighted by Crippen LogP contribution is -2.25. The van der Waals surface area contributed by atoms with Gasteiger partial charge in [0.15, 0.2) is 11.5 Å². The molecular formula is C18H21N3O3S. The van der Waals surface area contributed by atoms with Gasteiger partial charge in [-0.1, -0.05) is 13.0 Å². The van der Waals surface area contributed by atoms with Crippen LogP contribution in [-0.4, -0.2) is 35.6 Å². The third-order valence-electron chi connectivity index (χ3n) is 4.04. The van der Waals surface area contributed by atoms with E-state index in [-0.39, 0.29) is 5.56 Å². The molecule has 0 spiro atoms. The number of H-pyrrole nitrogens is 1. The maximum atomic E-state index is 12.4. The highest BCUT2D eigenvalue weighted by Gasteiger charge is 2.13. The third kappa shape index (κ3) is 3.83. The fraction of sp³-hybridized carbons (Fsp3) is 0.333. The van der Waals surface area contributed by atoms with Crippen LogP contribution in [0.4, 0.5) is 0 Å². The van der Waals surface area contributed by atoms with Crippen LogP contribution in [0.15, 0.2) is 34.4 Å². The molecule has 0 saturated heterocycles. The molecule has 132 valence electrons. The molecule has 25 heavy (non-hydrogen) atoms. The molecule has 0 aliphatic heterocycles. The highest BCUT2D eigenvalue weighted by Crippen LogP contribution is 2.30. The number of benzene rings is 1. The van der Waals surface area contributed by atoms with Crippen molar-refractivity contribution >= 4 is 22.2 Å². The Morgan fingerprint density at radius 1 is 1.20 bits per heavy atom. The second-order valence-electron chi connectivity index (χ2n) is 5.62. The number of ether oxygens (including phenoxy) is 2. The molecule has 0 atom stereocenters. The van der Waals surface area contributed by atoms with Crippen LogP contribution in [0.5, 0.6) is 11.5 Å². The van der Waals surface area contributed by atoms with Gasteiger partial charge < -0.3 is 14.5 Å². The Hall–Kier alpha value is -2.38. The van der Waals surface area contributed by atoms with E-state index in [1.54, 1.807) is 37.7 Å². The number of nitrogens with one attached hydrogen (secondary N) is 1. The van der Waals surface area contributed by atoms with Gasteiger partial charge in [-0.2, -0.15) is 0 Å². The van der Waals surface area contributed by atoms with Gasteiger partial charge in [0.2, 0.25) is 0 Å². The zero-order valence-electron chi connectivity index (χ0n) is 14.5. The summed E-state index contributed by atoms with van der Waals surface area (Å²) in [6.07, 6.45) is 0. The van der Waals surface area contributed by atoms with Crippen molar-refractivity contribution in [2.75, 3.05) is 20.8 Å². The molecule has 2 aromatic heterocycles. The molecule has 0 aliphatic rings. The smallest absolute Gasteiger partial charge is 0.258 e. The molecule has 7 heteroatoms. The highest BCUT2D eigenvalue weighted by molar-refractivity contribution is 7.09. The van der Waals surface area contributed by atoms with Crippen LogP contribution in [0.2, 0.25) is 0 Å². The van der Waals surface area contributed by atoms with E-state index in [0.29, 0.717) is 34.8 Å². The van der Waals surface area contributed by atoms with E-state index in [2.05, 4.69) is 33.2 Å². The number of thiophene rings is 1. The predicted molar refractivity (Wildman–Crippen MR) is 99.6 cm³/mol. The van der Waals surface area contributed by atoms with Gasteiger partial charge in [-0.25, -0.2) is 4.98 Å². The van der Waals surface area contributed by atoms with Crippen molar-refractivity contribution in [1.82, 2.24) is 14.9 Å². The van der Waals surface area contributed by atoms with Crippen molar-refractivity contribution in [3.8, 4) is 11.5 Å². The maximum absolute atomic E-state index is 12.4. The molecule has 0 amide bonds. The average Bonchev–Trinajstić information content (AvgIpc) is 3.13. The molecule has 2 heterocycles. The Balaban J connectivity index is 1.92. The van der Waals surface area contributed by atoms with Crippen LogP contribution in [-0.2, 0) is 13.1 Å². The first-order valence-electron chi connectivity index (χ1n) is 8.04. The summed E-state index contributed by atoms with van der Waals surface area (Å²) in [6, 6.07) is 7.56. The molecule has 3 aromatic rings. The number of aromatic amines is 1. The van der Waals surface area contributed by atoms with Crippen LogP contribution < -0.4 is 15.0 Å². The number of fused-ring (bicyclic) bond motifs is 1. The standard InChI is InChI=1S/C18H21N3O3S/c1-4-21(10-12-6-5-7-25-12)11-17-19-14-9-16(24-3)15(23-2)8-13(14)18(22)20-17/h5-9H,4,10-11H2,1-3H3,(H,19,20,22). The van der Waals surface area contributed by atoms with Crippen molar-refractivity contribution in [2.45, 2.75) is 20.0 Å². The number of methoxy groups -OCH3 is 2. The highest BCUT2D eigenvalue weighted by atomic mass is 32.1. The Morgan fingerprint density at radius 3 is 2.60 bits per heavy atom. The van der Waals surface area contributed by atoms with Gasteiger partial charge in [0.05, 0.1) is 31.7 Å². The minimum absolute atomic E-state index is 0.173. The summed E-state index contributed by atoms with van der Waals surface area (Å²) in [4.78, 5) is 23.5. The van der Waals surface area contributed by atoms with E-state index in [1.165, 1.54) is 4.88 Å². The minimum atomic E-state index is -0.173. The van der Waals surface area contributed by atoms with E-state index in [4.69, 9.17) is 9.47 Å². The topological polar surface area (TPSA) is 67.5 Å². The second kappa shape index (κ2) is 7.67. The first-order chi connectivity index (χ1) is 12.1. The zero-order valence-corrected chi connectivity index (χ0v) is 15.4. The number of hydrogen-bond donors (Lipinski definition) is 1. The molecule has 0 unspecified atom stereocenters. The fourth-order valence-corrected chi connectivity index (χ4v) is 3.45. The van der Waals surface area contributed by atoms with Crippen molar-refractivity contribution < 1.29 is 9.47 Å². The molecule has 0 radical (unpaired) electrons. The number of hydrogen-bond acceptors (Lipinski definition) is 6. The van der Waals surface area contributed by atoms with Crippen molar-refractivity contribution in [2.24, 2.45) is 0 Å². The molecular weight excluding hydrogens is 338 g/mol. The molecule has 0 aliphatic carbocycles. The van der Waals surface area contributed by atoms with Gasteiger partial charge in [0, 0.05) is 17.5 Å².